The molecule has 0 atom stereocenters. The van der Waals surface area contributed by atoms with E-state index in [0.29, 0.717) is 0 Å². The Morgan fingerprint density at radius 1 is 0.339 bits per heavy atom. The molecule has 0 fully saturated rings. The molecule has 0 N–H and O–H groups in total. The van der Waals surface area contributed by atoms with E-state index in [9.17, 15) is 0 Å². The topological polar surface area (TPSA) is 16.4 Å². The quantitative estimate of drug-likeness (QED) is 0.160. The van der Waals surface area contributed by atoms with Gasteiger partial charge in [0.25, 0.3) is 0 Å². The van der Waals surface area contributed by atoms with Crippen LogP contribution >= 0.6 is 0 Å². The van der Waals surface area contributed by atoms with Crippen LogP contribution in [0.4, 0.5) is 17.1 Å². The lowest BCUT2D eigenvalue weighted by atomic mass is 9.89. The number of benzene rings is 10. The van der Waals surface area contributed by atoms with Gasteiger partial charge in [-0.3, -0.25) is 0 Å². The molecule has 0 aliphatic carbocycles. The predicted octanol–water partition coefficient (Wildman–Crippen LogP) is 15.5. The fraction of sp³-hybridized carbons (Fsp3) is 0. The van der Waals surface area contributed by atoms with Gasteiger partial charge in [-0.1, -0.05) is 164 Å². The molecule has 2 heteroatoms. The van der Waals surface area contributed by atoms with Gasteiger partial charge >= 0.3 is 0 Å². The second-order valence-corrected chi connectivity index (χ2v) is 14.5. The van der Waals surface area contributed by atoms with E-state index in [1.54, 1.807) is 0 Å². The van der Waals surface area contributed by atoms with E-state index in [1.165, 1.54) is 60.1 Å². The van der Waals surface area contributed by atoms with Crippen LogP contribution in [0.2, 0.25) is 0 Å². The van der Waals surface area contributed by atoms with Gasteiger partial charge in [0.15, 0.2) is 0 Å². The van der Waals surface area contributed by atoms with Crippen molar-refractivity contribution in [2.24, 2.45) is 0 Å². The Bertz CT molecular complexity index is 3130. The molecule has 0 spiro atoms. The maximum absolute atomic E-state index is 7.10. The first-order valence-corrected chi connectivity index (χ1v) is 19.2. The van der Waals surface area contributed by atoms with Crippen molar-refractivity contribution in [3.8, 4) is 33.4 Å². The fourth-order valence-corrected chi connectivity index (χ4v) is 8.61. The highest BCUT2D eigenvalue weighted by atomic mass is 16.3. The van der Waals surface area contributed by atoms with Gasteiger partial charge in [0.1, 0.15) is 11.2 Å². The van der Waals surface area contributed by atoms with Crippen molar-refractivity contribution >= 4 is 71.3 Å². The van der Waals surface area contributed by atoms with Crippen LogP contribution < -0.4 is 4.90 Å². The lowest BCUT2D eigenvalue weighted by molar-refractivity contribution is 0.670. The lowest BCUT2D eigenvalue weighted by Crippen LogP contribution is -2.10. The molecule has 11 rings (SSSR count). The Balaban J connectivity index is 1.18. The SMILES string of the molecule is c1ccc(-c2ccc(N(c3ccc(-c4ccccc4)cc3)c3cccc4oc5c(-c6cc7ccccc7c7ccccc67)c6ccccc6cc5c34)cc2)cc1. The van der Waals surface area contributed by atoms with Crippen molar-refractivity contribution < 1.29 is 4.42 Å². The summed E-state index contributed by atoms with van der Waals surface area (Å²) in [6.45, 7) is 0. The Morgan fingerprint density at radius 3 is 1.46 bits per heavy atom. The Hall–Kier alpha value is -7.42. The van der Waals surface area contributed by atoms with Crippen LogP contribution in [-0.4, -0.2) is 0 Å². The molecule has 0 amide bonds. The van der Waals surface area contributed by atoms with E-state index in [-0.39, 0.29) is 0 Å². The summed E-state index contributed by atoms with van der Waals surface area (Å²) in [6.07, 6.45) is 0. The van der Waals surface area contributed by atoms with E-state index in [1.807, 2.05) is 0 Å². The lowest BCUT2D eigenvalue weighted by Gasteiger charge is -2.26. The summed E-state index contributed by atoms with van der Waals surface area (Å²) in [7, 11) is 0. The third-order valence-corrected chi connectivity index (χ3v) is 11.2. The second kappa shape index (κ2) is 13.2. The first-order chi connectivity index (χ1) is 27.8. The Kier molecular flexibility index (Phi) is 7.53. The van der Waals surface area contributed by atoms with Crippen LogP contribution in [0.5, 0.6) is 0 Å². The molecule has 0 unspecified atom stereocenters. The number of hydrogen-bond acceptors (Lipinski definition) is 2. The molecular formula is C54H35NO. The minimum atomic E-state index is 0.853. The average molecular weight is 714 g/mol. The molecule has 0 radical (unpaired) electrons. The summed E-state index contributed by atoms with van der Waals surface area (Å²) in [6, 6.07) is 76.3. The summed E-state index contributed by atoms with van der Waals surface area (Å²) in [4.78, 5) is 2.38. The molecule has 0 saturated carbocycles. The highest BCUT2D eigenvalue weighted by Crippen LogP contribution is 2.49. The maximum atomic E-state index is 7.10. The third kappa shape index (κ3) is 5.26. The molecule has 0 bridgehead atoms. The van der Waals surface area contributed by atoms with Crippen LogP contribution in [0.25, 0.3) is 87.6 Å². The molecule has 10 aromatic carbocycles. The van der Waals surface area contributed by atoms with Gasteiger partial charge in [0.2, 0.25) is 0 Å². The monoisotopic (exact) mass is 713 g/mol. The number of rotatable bonds is 6. The van der Waals surface area contributed by atoms with Crippen molar-refractivity contribution in [3.05, 3.63) is 212 Å². The van der Waals surface area contributed by atoms with Gasteiger partial charge in [-0.05, 0) is 109 Å². The number of nitrogens with zero attached hydrogens (tertiary/aromatic N) is 1. The zero-order valence-electron chi connectivity index (χ0n) is 30.6. The summed E-state index contributed by atoms with van der Waals surface area (Å²) in [5.41, 5.74) is 12.0. The highest BCUT2D eigenvalue weighted by Gasteiger charge is 2.24. The summed E-state index contributed by atoms with van der Waals surface area (Å²) in [5.74, 6) is 0. The molecule has 0 saturated heterocycles. The first kappa shape index (κ1) is 32.0. The largest absolute Gasteiger partial charge is 0.455 e. The molecule has 2 nitrogen and oxygen atoms in total. The highest BCUT2D eigenvalue weighted by molar-refractivity contribution is 6.25. The van der Waals surface area contributed by atoms with E-state index in [2.05, 4.69) is 217 Å². The zero-order valence-corrected chi connectivity index (χ0v) is 30.6. The van der Waals surface area contributed by atoms with Crippen LogP contribution in [0.15, 0.2) is 217 Å². The van der Waals surface area contributed by atoms with Crippen LogP contribution in [0.3, 0.4) is 0 Å². The number of furan rings is 1. The number of hydrogen-bond donors (Lipinski definition) is 0. The molecule has 0 aliphatic heterocycles. The molecule has 1 heterocycles. The van der Waals surface area contributed by atoms with Crippen molar-refractivity contribution in [1.82, 2.24) is 0 Å². The first-order valence-electron chi connectivity index (χ1n) is 19.2. The molecule has 11 aromatic rings. The normalized spacial score (nSPS) is 11.6. The van der Waals surface area contributed by atoms with Crippen LogP contribution in [0.1, 0.15) is 0 Å². The van der Waals surface area contributed by atoms with Crippen molar-refractivity contribution in [3.63, 3.8) is 0 Å². The van der Waals surface area contributed by atoms with Crippen molar-refractivity contribution in [2.75, 3.05) is 4.90 Å². The minimum absolute atomic E-state index is 0.853. The minimum Gasteiger partial charge on any atom is -0.455 e. The number of anilines is 3. The molecule has 0 aliphatic rings. The molecule has 1 aromatic heterocycles. The Labute approximate surface area is 325 Å². The zero-order chi connectivity index (χ0) is 37.0. The van der Waals surface area contributed by atoms with Gasteiger partial charge in [-0.2, -0.15) is 0 Å². The average Bonchev–Trinajstić information content (AvgIpc) is 3.65. The van der Waals surface area contributed by atoms with Crippen molar-refractivity contribution in [1.29, 1.82) is 0 Å². The summed E-state index contributed by atoms with van der Waals surface area (Å²) >= 11 is 0. The third-order valence-electron chi connectivity index (χ3n) is 11.2. The number of fused-ring (bicyclic) bond motifs is 7. The van der Waals surface area contributed by atoms with Gasteiger partial charge in [0.05, 0.1) is 11.1 Å². The standard InChI is InChI=1S/C54H35NO/c1-3-14-36(15-4-1)38-26-30-42(31-27-38)55(43-32-28-39(29-33-43)37-16-5-2-6-17-37)50-24-13-25-51-53(50)49-35-41-19-8-10-21-45(41)52(54(49)56-51)48-34-40-18-7-9-20-44(40)46-22-11-12-23-47(46)48/h1-35H. The van der Waals surface area contributed by atoms with E-state index >= 15 is 0 Å². The smallest absolute Gasteiger partial charge is 0.143 e. The van der Waals surface area contributed by atoms with Gasteiger partial charge in [0, 0.05) is 22.3 Å². The van der Waals surface area contributed by atoms with E-state index in [0.717, 1.165) is 44.6 Å². The second-order valence-electron chi connectivity index (χ2n) is 14.5. The van der Waals surface area contributed by atoms with Crippen molar-refractivity contribution in [2.45, 2.75) is 0 Å². The van der Waals surface area contributed by atoms with Gasteiger partial charge < -0.3 is 9.32 Å². The van der Waals surface area contributed by atoms with Gasteiger partial charge in [-0.25, -0.2) is 0 Å². The Morgan fingerprint density at radius 2 is 0.839 bits per heavy atom. The van der Waals surface area contributed by atoms with Crippen LogP contribution in [-0.2, 0) is 0 Å². The maximum Gasteiger partial charge on any atom is 0.143 e. The van der Waals surface area contributed by atoms with E-state index < -0.39 is 0 Å². The van der Waals surface area contributed by atoms with Gasteiger partial charge in [-0.15, -0.1) is 0 Å². The molecule has 56 heavy (non-hydrogen) atoms. The summed E-state index contributed by atoms with van der Waals surface area (Å²) < 4.78 is 7.10. The molecule has 262 valence electrons. The van der Waals surface area contributed by atoms with E-state index in [4.69, 9.17) is 4.42 Å². The predicted molar refractivity (Wildman–Crippen MR) is 237 cm³/mol. The molecular weight excluding hydrogens is 679 g/mol. The summed E-state index contributed by atoms with van der Waals surface area (Å²) in [5, 5.41) is 9.44. The van der Waals surface area contributed by atoms with Crippen LogP contribution in [0, 0.1) is 0 Å². The fourth-order valence-electron chi connectivity index (χ4n) is 8.61.